The first-order valence-electron chi connectivity index (χ1n) is 7.70. The molecule has 0 aliphatic carbocycles. The Kier molecular flexibility index (Phi) is 4.19. The SMILES string of the molecule is N#Cc1ccc2ncc(Cc3nc4cc(Br)c(Cl)cc4c(=O)[nH]3)cc2c1. The van der Waals surface area contributed by atoms with Gasteiger partial charge in [-0.2, -0.15) is 5.26 Å². The van der Waals surface area contributed by atoms with Crippen LogP contribution >= 0.6 is 27.5 Å². The smallest absolute Gasteiger partial charge is 0.258 e. The normalized spacial score (nSPS) is 11.0. The van der Waals surface area contributed by atoms with Gasteiger partial charge in [0.25, 0.3) is 5.56 Å². The Morgan fingerprint density at radius 2 is 2.04 bits per heavy atom. The molecule has 0 atom stereocenters. The highest BCUT2D eigenvalue weighted by molar-refractivity contribution is 9.10. The zero-order valence-corrected chi connectivity index (χ0v) is 15.6. The second-order valence-electron chi connectivity index (χ2n) is 5.84. The van der Waals surface area contributed by atoms with Gasteiger partial charge < -0.3 is 4.98 Å². The summed E-state index contributed by atoms with van der Waals surface area (Å²) in [6, 6.07) is 12.7. The van der Waals surface area contributed by atoms with Gasteiger partial charge in [0, 0.05) is 22.5 Å². The summed E-state index contributed by atoms with van der Waals surface area (Å²) in [4.78, 5) is 24.1. The van der Waals surface area contributed by atoms with Gasteiger partial charge in [-0.1, -0.05) is 11.6 Å². The number of halogens is 2. The maximum atomic E-state index is 12.3. The molecule has 2 aromatic heterocycles. The number of nitrogens with one attached hydrogen (secondary N) is 1. The molecule has 26 heavy (non-hydrogen) atoms. The zero-order valence-electron chi connectivity index (χ0n) is 13.3. The summed E-state index contributed by atoms with van der Waals surface area (Å²) in [6.45, 7) is 0. The largest absolute Gasteiger partial charge is 0.310 e. The Bertz CT molecular complexity index is 1280. The third-order valence-electron chi connectivity index (χ3n) is 4.04. The first-order chi connectivity index (χ1) is 12.5. The van der Waals surface area contributed by atoms with E-state index >= 15 is 0 Å². The van der Waals surface area contributed by atoms with Crippen molar-refractivity contribution in [3.63, 3.8) is 0 Å². The molecular weight excluding hydrogens is 416 g/mol. The third kappa shape index (κ3) is 3.07. The van der Waals surface area contributed by atoms with Crippen LogP contribution in [0.3, 0.4) is 0 Å². The summed E-state index contributed by atoms with van der Waals surface area (Å²) in [5.41, 5.74) is 2.62. The van der Waals surface area contributed by atoms with E-state index in [1.807, 2.05) is 12.1 Å². The summed E-state index contributed by atoms with van der Waals surface area (Å²) in [5, 5.41) is 10.8. The molecule has 0 unspecified atom stereocenters. The van der Waals surface area contributed by atoms with Crippen LogP contribution in [0.4, 0.5) is 0 Å². The molecule has 0 bridgehead atoms. The number of H-pyrrole nitrogens is 1. The number of aromatic amines is 1. The number of pyridine rings is 1. The number of hydrogen-bond donors (Lipinski definition) is 1. The van der Waals surface area contributed by atoms with Crippen LogP contribution in [0.15, 0.2) is 51.9 Å². The highest BCUT2D eigenvalue weighted by Gasteiger charge is 2.09. The molecule has 0 aliphatic rings. The van der Waals surface area contributed by atoms with Crippen molar-refractivity contribution in [2.24, 2.45) is 0 Å². The Morgan fingerprint density at radius 1 is 1.19 bits per heavy atom. The lowest BCUT2D eigenvalue weighted by molar-refractivity contribution is 0.969. The summed E-state index contributed by atoms with van der Waals surface area (Å²) in [6.07, 6.45) is 2.17. The molecule has 0 saturated carbocycles. The summed E-state index contributed by atoms with van der Waals surface area (Å²) < 4.78 is 0.687. The van der Waals surface area contributed by atoms with Gasteiger partial charge >= 0.3 is 0 Å². The fourth-order valence-electron chi connectivity index (χ4n) is 2.80. The highest BCUT2D eigenvalue weighted by atomic mass is 79.9. The van der Waals surface area contributed by atoms with Gasteiger partial charge in [0.15, 0.2) is 0 Å². The van der Waals surface area contributed by atoms with E-state index in [1.54, 1.807) is 30.5 Å². The second kappa shape index (κ2) is 6.52. The molecule has 0 spiro atoms. The Balaban J connectivity index is 1.77. The van der Waals surface area contributed by atoms with E-state index in [9.17, 15) is 4.79 Å². The van der Waals surface area contributed by atoms with E-state index in [1.165, 1.54) is 0 Å². The van der Waals surface area contributed by atoms with Gasteiger partial charge in [-0.25, -0.2) is 4.98 Å². The summed E-state index contributed by atoms with van der Waals surface area (Å²) in [7, 11) is 0. The molecule has 0 amide bonds. The van der Waals surface area contributed by atoms with Crippen molar-refractivity contribution in [2.75, 3.05) is 0 Å². The molecule has 126 valence electrons. The van der Waals surface area contributed by atoms with Crippen molar-refractivity contribution >= 4 is 49.3 Å². The van der Waals surface area contributed by atoms with Crippen LogP contribution in [-0.4, -0.2) is 15.0 Å². The van der Waals surface area contributed by atoms with Gasteiger partial charge in [-0.15, -0.1) is 0 Å². The molecule has 1 N–H and O–H groups in total. The quantitative estimate of drug-likeness (QED) is 0.517. The van der Waals surface area contributed by atoms with Crippen LogP contribution < -0.4 is 5.56 Å². The number of benzene rings is 2. The van der Waals surface area contributed by atoms with Crippen LogP contribution in [0.2, 0.25) is 5.02 Å². The van der Waals surface area contributed by atoms with E-state index in [2.05, 4.69) is 37.0 Å². The van der Waals surface area contributed by atoms with E-state index in [-0.39, 0.29) is 5.56 Å². The molecule has 5 nitrogen and oxygen atoms in total. The molecule has 7 heteroatoms. The predicted molar refractivity (Wildman–Crippen MR) is 104 cm³/mol. The average molecular weight is 426 g/mol. The van der Waals surface area contributed by atoms with Crippen LogP contribution in [0.5, 0.6) is 0 Å². The van der Waals surface area contributed by atoms with E-state index in [4.69, 9.17) is 16.9 Å². The van der Waals surface area contributed by atoms with Crippen molar-refractivity contribution in [3.05, 3.63) is 79.4 Å². The van der Waals surface area contributed by atoms with Crippen LogP contribution in [0, 0.1) is 11.3 Å². The minimum absolute atomic E-state index is 0.236. The van der Waals surface area contributed by atoms with E-state index in [0.29, 0.717) is 38.2 Å². The molecule has 0 radical (unpaired) electrons. The van der Waals surface area contributed by atoms with Crippen molar-refractivity contribution in [3.8, 4) is 6.07 Å². The molecule has 0 fully saturated rings. The molecule has 2 heterocycles. The van der Waals surface area contributed by atoms with Gasteiger partial charge in [-0.3, -0.25) is 9.78 Å². The van der Waals surface area contributed by atoms with Crippen molar-refractivity contribution in [2.45, 2.75) is 6.42 Å². The lowest BCUT2D eigenvalue weighted by Gasteiger charge is -2.06. The monoisotopic (exact) mass is 424 g/mol. The highest BCUT2D eigenvalue weighted by Crippen LogP contribution is 2.26. The number of fused-ring (bicyclic) bond motifs is 2. The average Bonchev–Trinajstić information content (AvgIpc) is 2.63. The lowest BCUT2D eigenvalue weighted by Crippen LogP contribution is -2.12. The number of hydrogen-bond acceptors (Lipinski definition) is 4. The molecule has 2 aromatic carbocycles. The second-order valence-corrected chi connectivity index (χ2v) is 7.10. The first-order valence-corrected chi connectivity index (χ1v) is 8.87. The molecule has 4 aromatic rings. The maximum absolute atomic E-state index is 12.3. The van der Waals surface area contributed by atoms with Crippen molar-refractivity contribution in [1.29, 1.82) is 5.26 Å². The lowest BCUT2D eigenvalue weighted by atomic mass is 10.1. The fourth-order valence-corrected chi connectivity index (χ4v) is 3.30. The standard InChI is InChI=1S/C19H10BrClN4O/c20-14-7-17-13(6-15(14)21)19(26)25-18(24-17)5-11-4-12-3-10(8-22)1-2-16(12)23-9-11/h1-4,6-7,9H,5H2,(H,24,25,26). The van der Waals surface area contributed by atoms with Crippen LogP contribution in [0.25, 0.3) is 21.8 Å². The Labute approximate surface area is 161 Å². The van der Waals surface area contributed by atoms with Gasteiger partial charge in [0.05, 0.1) is 33.1 Å². The number of nitrogens with zero attached hydrogens (tertiary/aromatic N) is 3. The fraction of sp³-hybridized carbons (Fsp3) is 0.0526. The third-order valence-corrected chi connectivity index (χ3v) is 5.23. The minimum Gasteiger partial charge on any atom is -0.310 e. The van der Waals surface area contributed by atoms with Crippen LogP contribution in [0.1, 0.15) is 17.0 Å². The number of rotatable bonds is 2. The van der Waals surface area contributed by atoms with Crippen LogP contribution in [-0.2, 0) is 6.42 Å². The molecular formula is C19H10BrClN4O. The predicted octanol–water partition coefficient (Wildman–Crippen LogP) is 4.35. The topological polar surface area (TPSA) is 82.4 Å². The maximum Gasteiger partial charge on any atom is 0.258 e. The molecule has 0 aliphatic heterocycles. The first kappa shape index (κ1) is 16.7. The van der Waals surface area contributed by atoms with Gasteiger partial charge in [0.1, 0.15) is 5.82 Å². The summed E-state index contributed by atoms with van der Waals surface area (Å²) >= 11 is 9.40. The van der Waals surface area contributed by atoms with Gasteiger partial charge in [0.2, 0.25) is 0 Å². The number of aromatic nitrogens is 3. The summed E-state index contributed by atoms with van der Waals surface area (Å²) in [5.74, 6) is 0.536. The Hall–Kier alpha value is -2.75. The number of nitriles is 1. The minimum atomic E-state index is -0.236. The van der Waals surface area contributed by atoms with E-state index < -0.39 is 0 Å². The molecule has 0 saturated heterocycles. The van der Waals surface area contributed by atoms with Crippen molar-refractivity contribution < 1.29 is 0 Å². The van der Waals surface area contributed by atoms with Crippen molar-refractivity contribution in [1.82, 2.24) is 15.0 Å². The zero-order chi connectivity index (χ0) is 18.3. The molecule has 4 rings (SSSR count). The van der Waals surface area contributed by atoms with Gasteiger partial charge in [-0.05, 0) is 57.9 Å². The van der Waals surface area contributed by atoms with E-state index in [0.717, 1.165) is 16.5 Å². The Morgan fingerprint density at radius 3 is 2.85 bits per heavy atom.